The molecule has 2 aliphatic rings. The Balaban J connectivity index is 1.51. The zero-order chi connectivity index (χ0) is 26.3. The van der Waals surface area contributed by atoms with Crippen molar-refractivity contribution in [3.8, 4) is 0 Å². The van der Waals surface area contributed by atoms with E-state index in [-0.39, 0.29) is 24.9 Å². The summed E-state index contributed by atoms with van der Waals surface area (Å²) in [4.78, 5) is 49.4. The molecule has 0 fully saturated rings. The van der Waals surface area contributed by atoms with Crippen molar-refractivity contribution >= 4 is 28.3 Å². The highest BCUT2D eigenvalue weighted by atomic mass is 31.1. The monoisotopic (exact) mass is 528 g/mol. The van der Waals surface area contributed by atoms with Gasteiger partial charge in [-0.05, 0) is 36.8 Å². The quantitative estimate of drug-likeness (QED) is 0.437. The number of nitrogens with zero attached hydrogens (tertiary/aromatic N) is 2. The average molecular weight is 528 g/mol. The predicted molar refractivity (Wildman–Crippen MR) is 136 cm³/mol. The molecule has 6 unspecified atom stereocenters. The van der Waals surface area contributed by atoms with E-state index in [0.717, 1.165) is 11.1 Å². The van der Waals surface area contributed by atoms with E-state index in [9.17, 15) is 19.4 Å². The molecule has 36 heavy (non-hydrogen) atoms. The van der Waals surface area contributed by atoms with E-state index >= 15 is 0 Å². The Morgan fingerprint density at radius 2 is 1.14 bits per heavy atom. The molecule has 190 valence electrons. The lowest BCUT2D eigenvalue weighted by molar-refractivity contribution is -0.184. The van der Waals surface area contributed by atoms with Crippen LogP contribution in [-0.4, -0.2) is 11.9 Å². The molecular formula is C26H30N2O6P2. The fourth-order valence-electron chi connectivity index (χ4n) is 3.61. The van der Waals surface area contributed by atoms with Crippen LogP contribution in [0.15, 0.2) is 82.4 Å². The summed E-state index contributed by atoms with van der Waals surface area (Å²) in [6.07, 6.45) is 14.5. The molecule has 0 amide bonds. The minimum atomic E-state index is -2.51. The second kappa shape index (κ2) is 12.0. The fraction of sp³-hybridized carbons (Fsp3) is 0.385. The molecule has 0 aliphatic heterocycles. The van der Waals surface area contributed by atoms with Gasteiger partial charge in [0.2, 0.25) is 0 Å². The van der Waals surface area contributed by atoms with Crippen molar-refractivity contribution in [3.05, 3.63) is 84.0 Å². The van der Waals surface area contributed by atoms with Crippen molar-refractivity contribution in [3.63, 3.8) is 0 Å². The SMILES string of the molecule is CC1C=CC=CC1(C)C(=O)O[P+]([O-])=NCc1ccc(CN=[P+]([O-])OC(=O)C2(C)C=CC=CC2C)cc1. The first-order chi connectivity index (χ1) is 17.0. The fourth-order valence-corrected chi connectivity index (χ4v) is 4.96. The molecule has 3 rings (SSSR count). The highest BCUT2D eigenvalue weighted by Gasteiger charge is 2.41. The second-order valence-corrected chi connectivity index (χ2v) is 11.2. The number of hydrogen-bond acceptors (Lipinski definition) is 8. The van der Waals surface area contributed by atoms with Crippen LogP contribution < -0.4 is 9.79 Å². The van der Waals surface area contributed by atoms with Gasteiger partial charge in [-0.25, -0.2) is 18.6 Å². The summed E-state index contributed by atoms with van der Waals surface area (Å²) in [7, 11) is -5.02. The summed E-state index contributed by atoms with van der Waals surface area (Å²) in [5, 5.41) is 0. The van der Waals surface area contributed by atoms with Gasteiger partial charge in [-0.1, -0.05) is 96.2 Å². The first kappa shape index (κ1) is 27.8. The van der Waals surface area contributed by atoms with Crippen LogP contribution in [-0.2, 0) is 31.7 Å². The Morgan fingerprint density at radius 3 is 1.47 bits per heavy atom. The van der Waals surface area contributed by atoms with Gasteiger partial charge in [-0.2, -0.15) is 0 Å². The molecule has 8 nitrogen and oxygen atoms in total. The molecule has 0 aromatic heterocycles. The Morgan fingerprint density at radius 1 is 0.778 bits per heavy atom. The van der Waals surface area contributed by atoms with Gasteiger partial charge in [0.25, 0.3) is 0 Å². The zero-order valence-corrected chi connectivity index (χ0v) is 22.5. The maximum Gasteiger partial charge on any atom is 0.399 e. The molecule has 1 aromatic rings. The zero-order valence-electron chi connectivity index (χ0n) is 20.7. The first-order valence-corrected chi connectivity index (χ1v) is 13.8. The Labute approximate surface area is 213 Å². The lowest BCUT2D eigenvalue weighted by Gasteiger charge is -2.28. The largest absolute Gasteiger partial charge is 0.575 e. The van der Waals surface area contributed by atoms with Crippen molar-refractivity contribution in [1.29, 1.82) is 0 Å². The summed E-state index contributed by atoms with van der Waals surface area (Å²) >= 11 is 0. The Hall–Kier alpha value is -2.76. The van der Waals surface area contributed by atoms with E-state index in [0.29, 0.717) is 0 Å². The molecule has 0 heterocycles. The Bertz CT molecular complexity index is 1080. The van der Waals surface area contributed by atoms with Gasteiger partial charge in [0.1, 0.15) is 13.1 Å². The number of carbonyl (C=O) groups is 2. The van der Waals surface area contributed by atoms with Crippen LogP contribution in [0.5, 0.6) is 0 Å². The highest BCUT2D eigenvalue weighted by molar-refractivity contribution is 7.34. The molecule has 0 bridgehead atoms. The highest BCUT2D eigenvalue weighted by Crippen LogP contribution is 2.38. The van der Waals surface area contributed by atoms with Gasteiger partial charge in [-0.3, -0.25) is 0 Å². The minimum absolute atomic E-state index is 0.0806. The van der Waals surface area contributed by atoms with Crippen molar-refractivity contribution in [1.82, 2.24) is 0 Å². The van der Waals surface area contributed by atoms with Crippen LogP contribution in [0.1, 0.15) is 38.8 Å². The summed E-state index contributed by atoms with van der Waals surface area (Å²) < 4.78 is 18.1. The van der Waals surface area contributed by atoms with Crippen molar-refractivity contribution in [2.24, 2.45) is 32.2 Å². The third-order valence-corrected chi connectivity index (χ3v) is 8.15. The normalized spacial score (nSPS) is 27.7. The summed E-state index contributed by atoms with van der Waals surface area (Å²) in [5.74, 6) is -1.32. The van der Waals surface area contributed by atoms with Gasteiger partial charge in [0, 0.05) is 0 Å². The first-order valence-electron chi connectivity index (χ1n) is 11.6. The number of allylic oxidation sites excluding steroid dienone is 6. The molecular weight excluding hydrogens is 498 g/mol. The average Bonchev–Trinajstić information content (AvgIpc) is 2.85. The van der Waals surface area contributed by atoms with Crippen molar-refractivity contribution in [2.75, 3.05) is 0 Å². The molecule has 0 N–H and O–H groups in total. The number of rotatable bonds is 8. The smallest absolute Gasteiger partial charge is 0.399 e. The lowest BCUT2D eigenvalue weighted by Crippen LogP contribution is -2.33. The van der Waals surface area contributed by atoms with E-state index < -0.39 is 39.1 Å². The van der Waals surface area contributed by atoms with E-state index in [1.165, 1.54) is 0 Å². The molecule has 0 radical (unpaired) electrons. The molecule has 0 saturated heterocycles. The molecule has 10 heteroatoms. The van der Waals surface area contributed by atoms with Gasteiger partial charge in [0.15, 0.2) is 0 Å². The van der Waals surface area contributed by atoms with E-state index in [1.807, 2.05) is 38.2 Å². The maximum absolute atomic E-state index is 12.5. The topological polar surface area (TPSA) is 123 Å². The lowest BCUT2D eigenvalue weighted by atomic mass is 9.75. The number of hydrogen-bond donors (Lipinski definition) is 0. The summed E-state index contributed by atoms with van der Waals surface area (Å²) in [6, 6.07) is 7.05. The number of carbonyl (C=O) groups excluding carboxylic acids is 2. The molecule has 0 spiro atoms. The predicted octanol–water partition coefficient (Wildman–Crippen LogP) is 5.02. The van der Waals surface area contributed by atoms with Gasteiger partial charge >= 0.3 is 28.3 Å². The molecule has 0 saturated carbocycles. The van der Waals surface area contributed by atoms with Gasteiger partial charge in [0.05, 0.1) is 10.8 Å². The third kappa shape index (κ3) is 6.71. The standard InChI is InChI=1S/C26H30N2O6P2/c1-19-9-5-7-15-25(19,3)23(29)33-35(31)27-17-21-11-13-22(14-12-21)18-28-36(32)34-24(30)26(4)16-8-6-10-20(26)2/h5-16,19-20H,17-18H2,1-4H3. The van der Waals surface area contributed by atoms with Crippen molar-refractivity contribution in [2.45, 2.75) is 40.8 Å². The Kier molecular flexibility index (Phi) is 9.26. The van der Waals surface area contributed by atoms with Crippen molar-refractivity contribution < 1.29 is 28.4 Å². The van der Waals surface area contributed by atoms with Crippen LogP contribution in [0.25, 0.3) is 0 Å². The summed E-state index contributed by atoms with van der Waals surface area (Å²) in [6.45, 7) is 7.48. The third-order valence-electron chi connectivity index (χ3n) is 6.76. The van der Waals surface area contributed by atoms with Gasteiger partial charge in [-0.15, -0.1) is 0 Å². The van der Waals surface area contributed by atoms with Crippen LogP contribution >= 0.6 is 16.3 Å². The van der Waals surface area contributed by atoms with E-state index in [1.54, 1.807) is 62.4 Å². The second-order valence-electron chi connectivity index (χ2n) is 9.28. The van der Waals surface area contributed by atoms with E-state index in [2.05, 4.69) is 9.49 Å². The molecule has 1 aromatic carbocycles. The van der Waals surface area contributed by atoms with Crippen LogP contribution in [0.3, 0.4) is 0 Å². The number of benzene rings is 1. The van der Waals surface area contributed by atoms with E-state index in [4.69, 9.17) is 9.05 Å². The van der Waals surface area contributed by atoms with Gasteiger partial charge < -0.3 is 9.79 Å². The minimum Gasteiger partial charge on any atom is -0.575 e. The maximum atomic E-state index is 12.5. The van der Waals surface area contributed by atoms with Crippen LogP contribution in [0, 0.1) is 22.7 Å². The summed E-state index contributed by atoms with van der Waals surface area (Å²) in [5.41, 5.74) is -0.243. The molecule has 6 atom stereocenters. The molecule has 2 aliphatic carbocycles. The van der Waals surface area contributed by atoms with Crippen LogP contribution in [0.2, 0.25) is 0 Å². The van der Waals surface area contributed by atoms with Crippen LogP contribution in [0.4, 0.5) is 0 Å².